The fourth-order valence-corrected chi connectivity index (χ4v) is 2.51. The van der Waals surface area contributed by atoms with Gasteiger partial charge in [-0.15, -0.1) is 5.10 Å². The van der Waals surface area contributed by atoms with Crippen LogP contribution in [0.5, 0.6) is 0 Å². The van der Waals surface area contributed by atoms with Crippen LogP contribution in [0, 0.1) is 5.92 Å². The highest BCUT2D eigenvalue weighted by Gasteiger charge is 2.13. The van der Waals surface area contributed by atoms with Gasteiger partial charge >= 0.3 is 0 Å². The molecule has 0 amide bonds. The Hall–Kier alpha value is -1.88. The molecule has 0 saturated carbocycles. The first-order valence-electron chi connectivity index (χ1n) is 6.84. The second kappa shape index (κ2) is 5.84. The zero-order valence-corrected chi connectivity index (χ0v) is 10.9. The standard InChI is InChI=1S/C14H19N5/c1-2-6-14(19-9-8-17-18-19)13(5-1)16-11-12-4-3-7-15-10-12/h1-2,5-6,8-9,12,15-16H,3-4,7,10-11H2. The first kappa shape index (κ1) is 12.2. The second-order valence-corrected chi connectivity index (χ2v) is 4.96. The zero-order chi connectivity index (χ0) is 12.9. The van der Waals surface area contributed by atoms with Crippen molar-refractivity contribution in [3.05, 3.63) is 36.7 Å². The van der Waals surface area contributed by atoms with Gasteiger partial charge in [0, 0.05) is 6.54 Å². The molecule has 2 heterocycles. The van der Waals surface area contributed by atoms with E-state index >= 15 is 0 Å². The van der Waals surface area contributed by atoms with Gasteiger partial charge in [0.05, 0.1) is 23.8 Å². The van der Waals surface area contributed by atoms with Gasteiger partial charge in [0.25, 0.3) is 0 Å². The van der Waals surface area contributed by atoms with Crippen LogP contribution in [0.25, 0.3) is 5.69 Å². The van der Waals surface area contributed by atoms with Gasteiger partial charge in [-0.2, -0.15) is 0 Å². The van der Waals surface area contributed by atoms with E-state index in [1.165, 1.54) is 12.8 Å². The minimum atomic E-state index is 0.706. The molecule has 1 aliphatic rings. The summed E-state index contributed by atoms with van der Waals surface area (Å²) in [7, 11) is 0. The molecule has 2 aromatic rings. The minimum absolute atomic E-state index is 0.706. The third kappa shape index (κ3) is 2.93. The predicted molar refractivity (Wildman–Crippen MR) is 75.4 cm³/mol. The molecule has 3 rings (SSSR count). The maximum absolute atomic E-state index is 4.06. The van der Waals surface area contributed by atoms with Crippen LogP contribution in [0.15, 0.2) is 36.7 Å². The van der Waals surface area contributed by atoms with Crippen LogP contribution in [0.2, 0.25) is 0 Å². The number of nitrogens with one attached hydrogen (secondary N) is 2. The first-order valence-corrected chi connectivity index (χ1v) is 6.84. The average molecular weight is 257 g/mol. The molecule has 0 bridgehead atoms. The summed E-state index contributed by atoms with van der Waals surface area (Å²) in [5.41, 5.74) is 2.15. The van der Waals surface area contributed by atoms with Crippen molar-refractivity contribution in [2.75, 3.05) is 25.0 Å². The van der Waals surface area contributed by atoms with E-state index in [0.717, 1.165) is 31.0 Å². The summed E-state index contributed by atoms with van der Waals surface area (Å²) < 4.78 is 1.79. The Bertz CT molecular complexity index is 502. The average Bonchev–Trinajstić information content (AvgIpc) is 3.01. The van der Waals surface area contributed by atoms with Crippen LogP contribution in [-0.4, -0.2) is 34.6 Å². The normalized spacial score (nSPS) is 19.3. The van der Waals surface area contributed by atoms with Crippen LogP contribution >= 0.6 is 0 Å². The lowest BCUT2D eigenvalue weighted by Crippen LogP contribution is -2.33. The van der Waals surface area contributed by atoms with Crippen LogP contribution in [-0.2, 0) is 0 Å². The van der Waals surface area contributed by atoms with Crippen molar-refractivity contribution in [3.63, 3.8) is 0 Å². The molecule has 1 aromatic carbocycles. The number of piperidine rings is 1. The lowest BCUT2D eigenvalue weighted by atomic mass is 9.99. The Morgan fingerprint density at radius 1 is 1.37 bits per heavy atom. The molecule has 1 fully saturated rings. The number of benzene rings is 1. The van der Waals surface area contributed by atoms with E-state index in [1.807, 2.05) is 18.3 Å². The van der Waals surface area contributed by atoms with Crippen molar-refractivity contribution in [2.24, 2.45) is 5.92 Å². The third-order valence-corrected chi connectivity index (χ3v) is 3.55. The van der Waals surface area contributed by atoms with Crippen molar-refractivity contribution >= 4 is 5.69 Å². The maximum Gasteiger partial charge on any atom is 0.0894 e. The smallest absolute Gasteiger partial charge is 0.0894 e. The Morgan fingerprint density at radius 3 is 3.11 bits per heavy atom. The van der Waals surface area contributed by atoms with Gasteiger partial charge < -0.3 is 10.6 Å². The van der Waals surface area contributed by atoms with E-state index in [4.69, 9.17) is 0 Å². The molecule has 0 spiro atoms. The number of rotatable bonds is 4. The molecule has 5 heteroatoms. The van der Waals surface area contributed by atoms with Gasteiger partial charge in [-0.25, -0.2) is 4.68 Å². The quantitative estimate of drug-likeness (QED) is 0.875. The van der Waals surface area contributed by atoms with E-state index in [9.17, 15) is 0 Å². The summed E-state index contributed by atoms with van der Waals surface area (Å²) in [6.07, 6.45) is 6.13. The van der Waals surface area contributed by atoms with Crippen LogP contribution in [0.4, 0.5) is 5.69 Å². The summed E-state index contributed by atoms with van der Waals surface area (Å²) in [5, 5.41) is 14.9. The van der Waals surface area contributed by atoms with Gasteiger partial charge in [-0.05, 0) is 44.0 Å². The number of hydrogen-bond donors (Lipinski definition) is 2. The first-order chi connectivity index (χ1) is 9.43. The molecule has 1 aliphatic heterocycles. The Kier molecular flexibility index (Phi) is 3.74. The summed E-state index contributed by atoms with van der Waals surface area (Å²) >= 11 is 0. The van der Waals surface area contributed by atoms with Gasteiger partial charge in [0.15, 0.2) is 0 Å². The molecular formula is C14H19N5. The Morgan fingerprint density at radius 2 is 2.32 bits per heavy atom. The van der Waals surface area contributed by atoms with Crippen LogP contribution in [0.3, 0.4) is 0 Å². The van der Waals surface area contributed by atoms with E-state index in [1.54, 1.807) is 10.9 Å². The van der Waals surface area contributed by atoms with Gasteiger partial charge in [-0.1, -0.05) is 17.3 Å². The highest BCUT2D eigenvalue weighted by Crippen LogP contribution is 2.20. The molecule has 0 aliphatic carbocycles. The van der Waals surface area contributed by atoms with E-state index in [0.29, 0.717) is 5.92 Å². The topological polar surface area (TPSA) is 54.8 Å². The summed E-state index contributed by atoms with van der Waals surface area (Å²) in [5.74, 6) is 0.706. The van der Waals surface area contributed by atoms with E-state index in [-0.39, 0.29) is 0 Å². The molecule has 1 aromatic heterocycles. The third-order valence-electron chi connectivity index (χ3n) is 3.55. The minimum Gasteiger partial charge on any atom is -0.383 e. The highest BCUT2D eigenvalue weighted by molar-refractivity contribution is 5.60. The molecule has 5 nitrogen and oxygen atoms in total. The van der Waals surface area contributed by atoms with E-state index < -0.39 is 0 Å². The largest absolute Gasteiger partial charge is 0.383 e. The number of para-hydroxylation sites is 2. The molecule has 1 saturated heterocycles. The SMILES string of the molecule is c1ccc(-n2ccnn2)c(NCC2CCCNC2)c1. The van der Waals surface area contributed by atoms with Gasteiger partial charge in [-0.3, -0.25) is 0 Å². The number of hydrogen-bond acceptors (Lipinski definition) is 4. The van der Waals surface area contributed by atoms with Crippen molar-refractivity contribution in [1.82, 2.24) is 20.3 Å². The predicted octanol–water partition coefficient (Wildman–Crippen LogP) is 1.68. The van der Waals surface area contributed by atoms with E-state index in [2.05, 4.69) is 33.1 Å². The van der Waals surface area contributed by atoms with Crippen molar-refractivity contribution in [1.29, 1.82) is 0 Å². The lowest BCUT2D eigenvalue weighted by molar-refractivity contribution is 0.393. The highest BCUT2D eigenvalue weighted by atomic mass is 15.4. The van der Waals surface area contributed by atoms with Gasteiger partial charge in [0.2, 0.25) is 0 Å². The van der Waals surface area contributed by atoms with Crippen molar-refractivity contribution in [2.45, 2.75) is 12.8 Å². The van der Waals surface area contributed by atoms with Crippen LogP contribution < -0.4 is 10.6 Å². The zero-order valence-electron chi connectivity index (χ0n) is 10.9. The summed E-state index contributed by atoms with van der Waals surface area (Å²) in [6.45, 7) is 3.27. The summed E-state index contributed by atoms with van der Waals surface area (Å²) in [6, 6.07) is 8.20. The number of aromatic nitrogens is 3. The lowest BCUT2D eigenvalue weighted by Gasteiger charge is -2.23. The maximum atomic E-state index is 4.06. The van der Waals surface area contributed by atoms with Crippen LogP contribution in [0.1, 0.15) is 12.8 Å². The van der Waals surface area contributed by atoms with Crippen molar-refractivity contribution < 1.29 is 0 Å². The number of anilines is 1. The molecule has 19 heavy (non-hydrogen) atoms. The molecule has 0 radical (unpaired) electrons. The molecule has 100 valence electrons. The monoisotopic (exact) mass is 257 g/mol. The molecule has 1 atom stereocenters. The Labute approximate surface area is 113 Å². The fraction of sp³-hybridized carbons (Fsp3) is 0.429. The molecular weight excluding hydrogens is 238 g/mol. The summed E-state index contributed by atoms with van der Waals surface area (Å²) in [4.78, 5) is 0. The van der Waals surface area contributed by atoms with Crippen molar-refractivity contribution in [3.8, 4) is 5.69 Å². The molecule has 1 unspecified atom stereocenters. The van der Waals surface area contributed by atoms with Gasteiger partial charge in [0.1, 0.15) is 0 Å². The second-order valence-electron chi connectivity index (χ2n) is 4.96. The Balaban J connectivity index is 1.70. The molecule has 2 N–H and O–H groups in total. The number of nitrogens with zero attached hydrogens (tertiary/aromatic N) is 3. The fourth-order valence-electron chi connectivity index (χ4n) is 2.51.